The number of aromatic nitrogens is 5. The fourth-order valence-electron chi connectivity index (χ4n) is 2.87. The second kappa shape index (κ2) is 5.96. The molecule has 4 heterocycles. The average Bonchev–Trinajstić information content (AvgIpc) is 3.29. The Labute approximate surface area is 137 Å². The quantitative estimate of drug-likeness (QED) is 0.726. The van der Waals surface area contributed by atoms with Crippen LogP contribution in [0.3, 0.4) is 0 Å². The molecule has 0 aliphatic carbocycles. The summed E-state index contributed by atoms with van der Waals surface area (Å²) in [5.41, 5.74) is 1.87. The molecular formula is C15H16N6OS. The summed E-state index contributed by atoms with van der Waals surface area (Å²) in [5.74, 6) is 1.13. The maximum absolute atomic E-state index is 12.5. The summed E-state index contributed by atoms with van der Waals surface area (Å²) in [6.45, 7) is 2.80. The van der Waals surface area contributed by atoms with Crippen molar-refractivity contribution in [2.45, 2.75) is 19.5 Å². The van der Waals surface area contributed by atoms with Crippen LogP contribution in [0.15, 0.2) is 35.7 Å². The predicted octanol–water partition coefficient (Wildman–Crippen LogP) is 1.28. The Hall–Kier alpha value is -2.48. The smallest absolute Gasteiger partial charge is 0.254 e. The Balaban J connectivity index is 1.51. The van der Waals surface area contributed by atoms with E-state index in [1.54, 1.807) is 22.3 Å². The van der Waals surface area contributed by atoms with Crippen molar-refractivity contribution >= 4 is 17.2 Å². The van der Waals surface area contributed by atoms with Gasteiger partial charge in [-0.3, -0.25) is 4.79 Å². The molecule has 0 radical (unpaired) electrons. The maximum Gasteiger partial charge on any atom is 0.254 e. The van der Waals surface area contributed by atoms with Crippen molar-refractivity contribution in [1.82, 2.24) is 29.2 Å². The van der Waals surface area contributed by atoms with Crippen LogP contribution in [0.4, 0.5) is 0 Å². The molecule has 0 saturated carbocycles. The van der Waals surface area contributed by atoms with E-state index in [1.807, 2.05) is 27.9 Å². The third-order valence-corrected chi connectivity index (χ3v) is 4.75. The number of carbonyl (C=O) groups is 1. The third-order valence-electron chi connectivity index (χ3n) is 4.07. The molecule has 1 aliphatic heterocycles. The van der Waals surface area contributed by atoms with Gasteiger partial charge in [-0.05, 0) is 11.4 Å². The SMILES string of the molecule is O=C(c1ccsc1)N1CCc2ncc(Cn3cncn3)n2CC1. The Bertz CT molecular complexity index is 792. The fraction of sp³-hybridized carbons (Fsp3) is 0.333. The highest BCUT2D eigenvalue weighted by Crippen LogP contribution is 2.15. The first-order chi connectivity index (χ1) is 11.3. The van der Waals surface area contributed by atoms with Crippen molar-refractivity contribution < 1.29 is 4.79 Å². The topological polar surface area (TPSA) is 68.8 Å². The average molecular weight is 328 g/mol. The molecule has 0 unspecified atom stereocenters. The zero-order valence-corrected chi connectivity index (χ0v) is 13.3. The minimum atomic E-state index is 0.106. The Morgan fingerprint density at radius 2 is 2.26 bits per heavy atom. The van der Waals surface area contributed by atoms with Gasteiger partial charge in [0.25, 0.3) is 5.91 Å². The lowest BCUT2D eigenvalue weighted by molar-refractivity contribution is 0.0759. The molecular weight excluding hydrogens is 312 g/mol. The second-order valence-electron chi connectivity index (χ2n) is 5.46. The Kier molecular flexibility index (Phi) is 3.66. The largest absolute Gasteiger partial charge is 0.336 e. The number of hydrogen-bond acceptors (Lipinski definition) is 5. The van der Waals surface area contributed by atoms with E-state index in [4.69, 9.17) is 0 Å². The summed E-state index contributed by atoms with van der Waals surface area (Å²) in [4.78, 5) is 22.9. The molecule has 1 amide bonds. The van der Waals surface area contributed by atoms with E-state index in [1.165, 1.54) is 6.33 Å². The number of carbonyl (C=O) groups excluding carboxylic acids is 1. The molecule has 0 N–H and O–H groups in total. The van der Waals surface area contributed by atoms with Crippen LogP contribution < -0.4 is 0 Å². The van der Waals surface area contributed by atoms with Gasteiger partial charge in [-0.25, -0.2) is 14.6 Å². The molecule has 0 spiro atoms. The highest BCUT2D eigenvalue weighted by Gasteiger charge is 2.22. The third kappa shape index (κ3) is 2.77. The molecule has 0 atom stereocenters. The molecule has 0 bridgehead atoms. The molecule has 0 fully saturated rings. The molecule has 118 valence electrons. The van der Waals surface area contributed by atoms with Gasteiger partial charge in [0, 0.05) is 31.4 Å². The summed E-state index contributed by atoms with van der Waals surface area (Å²) in [6, 6.07) is 1.88. The monoisotopic (exact) mass is 328 g/mol. The van der Waals surface area contributed by atoms with Crippen LogP contribution in [0, 0.1) is 0 Å². The predicted molar refractivity (Wildman–Crippen MR) is 85.3 cm³/mol. The Morgan fingerprint density at radius 1 is 1.30 bits per heavy atom. The van der Waals surface area contributed by atoms with E-state index in [0.29, 0.717) is 19.6 Å². The standard InChI is InChI=1S/C15H16N6OS/c22-15(12-2-6-23-9-12)19-3-1-14-17-7-13(21(14)5-4-19)8-20-11-16-10-18-20/h2,6-7,9-11H,1,3-5,8H2. The van der Waals surface area contributed by atoms with Crippen LogP contribution in [0.1, 0.15) is 21.9 Å². The van der Waals surface area contributed by atoms with Crippen molar-refractivity contribution in [3.8, 4) is 0 Å². The van der Waals surface area contributed by atoms with Crippen LogP contribution in [0.5, 0.6) is 0 Å². The van der Waals surface area contributed by atoms with Crippen molar-refractivity contribution in [2.24, 2.45) is 0 Å². The molecule has 8 heteroatoms. The van der Waals surface area contributed by atoms with E-state index in [2.05, 4.69) is 19.6 Å². The number of nitrogens with zero attached hydrogens (tertiary/aromatic N) is 6. The van der Waals surface area contributed by atoms with Crippen LogP contribution >= 0.6 is 11.3 Å². The van der Waals surface area contributed by atoms with E-state index in [9.17, 15) is 4.79 Å². The van der Waals surface area contributed by atoms with Crippen LogP contribution in [-0.4, -0.2) is 48.2 Å². The van der Waals surface area contributed by atoms with Crippen LogP contribution in [0.2, 0.25) is 0 Å². The fourth-order valence-corrected chi connectivity index (χ4v) is 3.50. The second-order valence-corrected chi connectivity index (χ2v) is 6.24. The van der Waals surface area contributed by atoms with Gasteiger partial charge in [-0.1, -0.05) is 0 Å². The number of amides is 1. The van der Waals surface area contributed by atoms with E-state index in [-0.39, 0.29) is 5.91 Å². The molecule has 0 aromatic carbocycles. The van der Waals surface area contributed by atoms with E-state index in [0.717, 1.165) is 30.0 Å². The zero-order chi connectivity index (χ0) is 15.6. The normalized spacial score (nSPS) is 14.5. The number of hydrogen-bond donors (Lipinski definition) is 0. The first-order valence-electron chi connectivity index (χ1n) is 7.48. The molecule has 7 nitrogen and oxygen atoms in total. The van der Waals surface area contributed by atoms with Gasteiger partial charge in [0.1, 0.15) is 18.5 Å². The lowest BCUT2D eigenvalue weighted by Gasteiger charge is -2.19. The van der Waals surface area contributed by atoms with Crippen molar-refractivity contribution in [1.29, 1.82) is 0 Å². The first kappa shape index (κ1) is 14.1. The van der Waals surface area contributed by atoms with Gasteiger partial charge in [0.2, 0.25) is 0 Å². The van der Waals surface area contributed by atoms with Gasteiger partial charge in [0.15, 0.2) is 0 Å². The van der Waals surface area contributed by atoms with Gasteiger partial charge in [-0.15, -0.1) is 0 Å². The zero-order valence-electron chi connectivity index (χ0n) is 12.5. The number of fused-ring (bicyclic) bond motifs is 1. The number of thiophene rings is 1. The Morgan fingerprint density at radius 3 is 3.04 bits per heavy atom. The number of rotatable bonds is 3. The number of imidazole rings is 1. The minimum Gasteiger partial charge on any atom is -0.336 e. The van der Waals surface area contributed by atoms with Gasteiger partial charge in [0.05, 0.1) is 24.0 Å². The highest BCUT2D eigenvalue weighted by molar-refractivity contribution is 7.08. The maximum atomic E-state index is 12.5. The molecule has 3 aromatic rings. The van der Waals surface area contributed by atoms with E-state index < -0.39 is 0 Å². The molecule has 0 saturated heterocycles. The lowest BCUT2D eigenvalue weighted by atomic mass is 10.2. The van der Waals surface area contributed by atoms with Gasteiger partial charge in [-0.2, -0.15) is 16.4 Å². The van der Waals surface area contributed by atoms with Crippen molar-refractivity contribution in [3.05, 3.63) is 52.8 Å². The summed E-state index contributed by atoms with van der Waals surface area (Å²) < 4.78 is 3.98. The molecule has 3 aromatic heterocycles. The first-order valence-corrected chi connectivity index (χ1v) is 8.43. The minimum absolute atomic E-state index is 0.106. The lowest BCUT2D eigenvalue weighted by Crippen LogP contribution is -2.33. The van der Waals surface area contributed by atoms with Crippen molar-refractivity contribution in [3.63, 3.8) is 0 Å². The summed E-state index contributed by atoms with van der Waals surface area (Å²) in [5, 5.41) is 7.98. The molecule has 1 aliphatic rings. The van der Waals surface area contributed by atoms with Gasteiger partial charge >= 0.3 is 0 Å². The van der Waals surface area contributed by atoms with Crippen LogP contribution in [-0.2, 0) is 19.5 Å². The highest BCUT2D eigenvalue weighted by atomic mass is 32.1. The summed E-state index contributed by atoms with van der Waals surface area (Å²) >= 11 is 1.55. The molecule has 23 heavy (non-hydrogen) atoms. The van der Waals surface area contributed by atoms with Crippen molar-refractivity contribution in [2.75, 3.05) is 13.1 Å². The van der Waals surface area contributed by atoms with E-state index >= 15 is 0 Å². The van der Waals surface area contributed by atoms with Crippen LogP contribution in [0.25, 0.3) is 0 Å². The van der Waals surface area contributed by atoms with Gasteiger partial charge < -0.3 is 9.47 Å². The summed E-state index contributed by atoms with van der Waals surface area (Å²) in [7, 11) is 0. The molecule has 4 rings (SSSR count). The summed E-state index contributed by atoms with van der Waals surface area (Å²) in [6.07, 6.45) is 5.89.